The number of hydrogen-bond donors (Lipinski definition) is 0. The van der Waals surface area contributed by atoms with Crippen molar-refractivity contribution in [3.8, 4) is 22.3 Å². The van der Waals surface area contributed by atoms with E-state index in [1.165, 1.54) is 122 Å². The van der Waals surface area contributed by atoms with Crippen LogP contribution in [0.25, 0.3) is 54.6 Å². The molecule has 13 rings (SSSR count). The maximum atomic E-state index is 2.47. The molecule has 0 aromatic heterocycles. The zero-order chi connectivity index (χ0) is 46.7. The van der Waals surface area contributed by atoms with Crippen LogP contribution >= 0.6 is 0 Å². The Balaban J connectivity index is 1.12. The molecule has 0 atom stereocenters. The molecule has 0 bridgehead atoms. The first-order valence-corrected chi connectivity index (χ1v) is 24.3. The summed E-state index contributed by atoms with van der Waals surface area (Å²) in [4.78, 5) is 4.90. The lowest BCUT2D eigenvalue weighted by Crippen LogP contribution is -2.26. The molecule has 2 heteroatoms. The molecule has 0 aliphatic heterocycles. The van der Waals surface area contributed by atoms with Gasteiger partial charge in [-0.1, -0.05) is 157 Å². The molecule has 69 heavy (non-hydrogen) atoms. The van der Waals surface area contributed by atoms with Gasteiger partial charge in [-0.3, -0.25) is 0 Å². The Labute approximate surface area is 405 Å². The molecule has 2 aliphatic rings. The Morgan fingerprint density at radius 1 is 0.304 bits per heavy atom. The topological polar surface area (TPSA) is 6.48 Å². The number of fused-ring (bicyclic) bond motifs is 17. The van der Waals surface area contributed by atoms with E-state index in [4.69, 9.17) is 0 Å². The molecule has 2 aliphatic carbocycles. The van der Waals surface area contributed by atoms with Gasteiger partial charge in [-0.2, -0.15) is 0 Å². The summed E-state index contributed by atoms with van der Waals surface area (Å²) in [6.45, 7) is 13.2. The number of anilines is 6. The van der Waals surface area contributed by atoms with Crippen LogP contribution in [-0.4, -0.2) is 0 Å². The Kier molecular flexibility index (Phi) is 9.17. The number of aryl methyl sites for hydroxylation is 6. The fraction of sp³-hybridized carbons (Fsp3) is 0.104. The van der Waals surface area contributed by atoms with Gasteiger partial charge in [-0.25, -0.2) is 0 Å². The number of rotatable bonds is 6. The van der Waals surface area contributed by atoms with E-state index in [1.807, 2.05) is 0 Å². The van der Waals surface area contributed by atoms with Gasteiger partial charge in [0.1, 0.15) is 0 Å². The van der Waals surface area contributed by atoms with Crippen molar-refractivity contribution in [1.29, 1.82) is 0 Å². The molecule has 0 amide bonds. The summed E-state index contributed by atoms with van der Waals surface area (Å²) in [6, 6.07) is 78.5. The van der Waals surface area contributed by atoms with Crippen molar-refractivity contribution in [3.63, 3.8) is 0 Å². The summed E-state index contributed by atoms with van der Waals surface area (Å²) in [7, 11) is 0. The van der Waals surface area contributed by atoms with E-state index in [9.17, 15) is 0 Å². The van der Waals surface area contributed by atoms with Gasteiger partial charge in [0.25, 0.3) is 0 Å². The average Bonchev–Trinajstić information content (AvgIpc) is 3.85. The third-order valence-corrected chi connectivity index (χ3v) is 15.3. The fourth-order valence-corrected chi connectivity index (χ4v) is 12.1. The van der Waals surface area contributed by atoms with E-state index >= 15 is 0 Å². The van der Waals surface area contributed by atoms with E-state index in [2.05, 4.69) is 258 Å². The molecule has 11 aromatic rings. The zero-order valence-corrected chi connectivity index (χ0v) is 40.0. The summed E-state index contributed by atoms with van der Waals surface area (Å²) < 4.78 is 0. The standard InChI is InChI=1S/C67H52N2/c1-41-21-28-48(29-22-41)68(62-37-43(3)19-25-45(62)5)50-32-35-52-47(39-50)27-34-58-64-56-16-8-7-13-53(56)59-40-51(69(49-30-23-42(2)24-31-49)63-38-44(4)20-26-46(63)6)33-36-57(59)66(64)67(65(52)58)60-17-11-9-14-54(60)55-15-10-12-18-61(55)67/h7-40H,1-6H3. The molecule has 0 unspecified atom stereocenters. The van der Waals surface area contributed by atoms with Crippen LogP contribution in [-0.2, 0) is 5.41 Å². The van der Waals surface area contributed by atoms with E-state index in [0.29, 0.717) is 0 Å². The predicted molar refractivity (Wildman–Crippen MR) is 293 cm³/mol. The number of benzene rings is 11. The highest BCUT2D eigenvalue weighted by atomic mass is 15.1. The van der Waals surface area contributed by atoms with Crippen molar-refractivity contribution >= 4 is 66.4 Å². The Morgan fingerprint density at radius 2 is 0.783 bits per heavy atom. The molecule has 0 heterocycles. The van der Waals surface area contributed by atoms with Crippen LogP contribution in [0.1, 0.15) is 55.6 Å². The van der Waals surface area contributed by atoms with Gasteiger partial charge < -0.3 is 9.80 Å². The van der Waals surface area contributed by atoms with E-state index < -0.39 is 5.41 Å². The maximum Gasteiger partial charge on any atom is 0.0737 e. The maximum absolute atomic E-state index is 2.47. The molecular weight excluding hydrogens is 833 g/mol. The molecule has 1 spiro atoms. The molecule has 2 nitrogen and oxygen atoms in total. The first kappa shape index (κ1) is 41.0. The average molecular weight is 885 g/mol. The third kappa shape index (κ3) is 6.04. The molecule has 0 N–H and O–H groups in total. The van der Waals surface area contributed by atoms with Crippen molar-refractivity contribution in [3.05, 3.63) is 262 Å². The van der Waals surface area contributed by atoms with Crippen molar-refractivity contribution in [2.24, 2.45) is 0 Å². The van der Waals surface area contributed by atoms with Crippen LogP contribution in [0.15, 0.2) is 206 Å². The SMILES string of the molecule is Cc1ccc(N(c2ccc3c4c(ccc3c2)-c2c(c3ccc(N(c5ccc(C)cc5)c5cc(C)ccc5C)cc3c3ccccc23)C42c3ccccc3-c3ccccc32)c2cc(C)ccc2C)cc1. The summed E-state index contributed by atoms with van der Waals surface area (Å²) >= 11 is 0. The largest absolute Gasteiger partial charge is 0.310 e. The fourth-order valence-electron chi connectivity index (χ4n) is 12.1. The van der Waals surface area contributed by atoms with Crippen LogP contribution in [0.5, 0.6) is 0 Å². The first-order valence-electron chi connectivity index (χ1n) is 24.3. The second-order valence-electron chi connectivity index (χ2n) is 19.7. The summed E-state index contributed by atoms with van der Waals surface area (Å²) in [5.41, 5.74) is 24.5. The van der Waals surface area contributed by atoms with Crippen LogP contribution in [0.4, 0.5) is 34.1 Å². The third-order valence-electron chi connectivity index (χ3n) is 15.3. The Bertz CT molecular complexity index is 3870. The summed E-state index contributed by atoms with van der Waals surface area (Å²) in [6.07, 6.45) is 0. The lowest BCUT2D eigenvalue weighted by molar-refractivity contribution is 0.809. The van der Waals surface area contributed by atoms with E-state index in [-0.39, 0.29) is 0 Å². The molecule has 11 aromatic carbocycles. The van der Waals surface area contributed by atoms with Gasteiger partial charge in [0, 0.05) is 34.1 Å². The van der Waals surface area contributed by atoms with Gasteiger partial charge in [-0.05, 0) is 201 Å². The highest BCUT2D eigenvalue weighted by Gasteiger charge is 2.53. The second-order valence-corrected chi connectivity index (χ2v) is 19.7. The van der Waals surface area contributed by atoms with Crippen LogP contribution < -0.4 is 9.80 Å². The molecule has 0 fully saturated rings. The van der Waals surface area contributed by atoms with Gasteiger partial charge in [0.05, 0.1) is 5.41 Å². The smallest absolute Gasteiger partial charge is 0.0737 e. The Hall–Kier alpha value is -8.20. The highest BCUT2D eigenvalue weighted by Crippen LogP contribution is 2.67. The second kappa shape index (κ2) is 15.4. The van der Waals surface area contributed by atoms with Crippen molar-refractivity contribution < 1.29 is 0 Å². The van der Waals surface area contributed by atoms with Gasteiger partial charge in [0.2, 0.25) is 0 Å². The molecule has 0 saturated carbocycles. The molecule has 330 valence electrons. The molecule has 0 radical (unpaired) electrons. The van der Waals surface area contributed by atoms with Crippen LogP contribution in [0.3, 0.4) is 0 Å². The summed E-state index contributed by atoms with van der Waals surface area (Å²) in [5.74, 6) is 0. The van der Waals surface area contributed by atoms with Gasteiger partial charge in [0.15, 0.2) is 0 Å². The van der Waals surface area contributed by atoms with Crippen molar-refractivity contribution in [1.82, 2.24) is 0 Å². The minimum atomic E-state index is -0.587. The van der Waals surface area contributed by atoms with E-state index in [0.717, 1.165) is 22.7 Å². The molecular formula is C67H52N2. The van der Waals surface area contributed by atoms with Gasteiger partial charge in [-0.15, -0.1) is 0 Å². The highest BCUT2D eigenvalue weighted by molar-refractivity contribution is 6.22. The Morgan fingerprint density at radius 3 is 1.36 bits per heavy atom. The normalized spacial score (nSPS) is 12.9. The predicted octanol–water partition coefficient (Wildman–Crippen LogP) is 18.3. The minimum Gasteiger partial charge on any atom is -0.310 e. The summed E-state index contributed by atoms with van der Waals surface area (Å²) in [5, 5.41) is 7.58. The van der Waals surface area contributed by atoms with Crippen LogP contribution in [0, 0.1) is 41.5 Å². The lowest BCUT2D eigenvalue weighted by Gasteiger charge is -2.33. The lowest BCUT2D eigenvalue weighted by atomic mass is 9.68. The minimum absolute atomic E-state index is 0.587. The quantitative estimate of drug-likeness (QED) is 0.154. The van der Waals surface area contributed by atoms with Crippen LogP contribution in [0.2, 0.25) is 0 Å². The first-order chi connectivity index (χ1) is 33.7. The van der Waals surface area contributed by atoms with Crippen molar-refractivity contribution in [2.45, 2.75) is 47.0 Å². The molecule has 0 saturated heterocycles. The zero-order valence-electron chi connectivity index (χ0n) is 40.0. The van der Waals surface area contributed by atoms with E-state index in [1.54, 1.807) is 0 Å². The number of hydrogen-bond acceptors (Lipinski definition) is 2. The van der Waals surface area contributed by atoms with Crippen molar-refractivity contribution in [2.75, 3.05) is 9.80 Å². The van der Waals surface area contributed by atoms with Gasteiger partial charge >= 0.3 is 0 Å². The number of nitrogens with zero attached hydrogens (tertiary/aromatic N) is 2. The monoisotopic (exact) mass is 884 g/mol.